The van der Waals surface area contributed by atoms with E-state index in [2.05, 4.69) is 54.1 Å². The number of aryl methyl sites for hydroxylation is 1. The first kappa shape index (κ1) is 25.1. The molecule has 0 bridgehead atoms. The Labute approximate surface area is 200 Å². The fourth-order valence-corrected chi connectivity index (χ4v) is 5.03. The Morgan fingerprint density at radius 1 is 1.18 bits per heavy atom. The van der Waals surface area contributed by atoms with Crippen molar-refractivity contribution in [2.24, 2.45) is 5.73 Å². The van der Waals surface area contributed by atoms with E-state index in [0.29, 0.717) is 12.0 Å². The number of nitrogens with zero attached hydrogens (tertiary/aromatic N) is 2. The molecule has 0 aromatic heterocycles. The lowest BCUT2D eigenvalue weighted by Gasteiger charge is -2.31. The largest absolute Gasteiger partial charge is 0.483 e. The Kier molecular flexibility index (Phi) is 8.15. The maximum atomic E-state index is 12.6. The van der Waals surface area contributed by atoms with Gasteiger partial charge in [-0.15, -0.1) is 0 Å². The van der Waals surface area contributed by atoms with Gasteiger partial charge in [0.15, 0.2) is 0 Å². The second kappa shape index (κ2) is 11.0. The molecule has 182 valence electrons. The molecule has 0 radical (unpaired) electrons. The van der Waals surface area contributed by atoms with Crippen LogP contribution in [0.25, 0.3) is 0 Å². The number of anilines is 3. The summed E-state index contributed by atoms with van der Waals surface area (Å²) in [7, 11) is 0. The number of nitrogens with one attached hydrogen (secondary N) is 1. The second-order valence-electron chi connectivity index (χ2n) is 8.64. The molecule has 2 amide bonds. The summed E-state index contributed by atoms with van der Waals surface area (Å²) in [5.41, 5.74) is 12.4. The minimum atomic E-state index is -0.422. The average Bonchev–Trinajstić information content (AvgIpc) is 3.34. The number of carboxylic acid groups (broad SMARTS) is 1. The van der Waals surface area contributed by atoms with Gasteiger partial charge in [0.25, 0.3) is 12.4 Å². The monoisotopic (exact) mass is 466 g/mol. The molecule has 8 heteroatoms. The van der Waals surface area contributed by atoms with Crippen molar-refractivity contribution in [1.29, 1.82) is 0 Å². The summed E-state index contributed by atoms with van der Waals surface area (Å²) in [6, 6.07) is 10.3. The van der Waals surface area contributed by atoms with Gasteiger partial charge >= 0.3 is 0 Å². The maximum absolute atomic E-state index is 12.6. The molecular formula is C26H34N4O4. The van der Waals surface area contributed by atoms with Crippen molar-refractivity contribution in [1.82, 2.24) is 0 Å². The Bertz CT molecular complexity index is 1060. The minimum Gasteiger partial charge on any atom is -0.483 e. The molecule has 4 rings (SSSR count). The summed E-state index contributed by atoms with van der Waals surface area (Å²) in [6.45, 7) is 9.86. The van der Waals surface area contributed by atoms with Gasteiger partial charge in [0.1, 0.15) is 0 Å². The number of carbonyl (C=O) groups excluding carboxylic acids is 2. The summed E-state index contributed by atoms with van der Waals surface area (Å²) in [5.74, 6) is -0.516. The lowest BCUT2D eigenvalue weighted by molar-refractivity contribution is -0.123. The summed E-state index contributed by atoms with van der Waals surface area (Å²) in [6.07, 6.45) is 2.56. The van der Waals surface area contributed by atoms with E-state index in [1.165, 1.54) is 5.69 Å². The summed E-state index contributed by atoms with van der Waals surface area (Å²) in [4.78, 5) is 37.8. The van der Waals surface area contributed by atoms with Crippen LogP contribution >= 0.6 is 0 Å². The number of primary amides is 1. The van der Waals surface area contributed by atoms with Crippen LogP contribution in [-0.2, 0) is 9.59 Å². The van der Waals surface area contributed by atoms with Crippen molar-refractivity contribution in [3.05, 3.63) is 52.6 Å². The van der Waals surface area contributed by atoms with Crippen LogP contribution in [0, 0.1) is 6.92 Å². The van der Waals surface area contributed by atoms with E-state index < -0.39 is 5.91 Å². The predicted molar refractivity (Wildman–Crippen MR) is 135 cm³/mol. The highest BCUT2D eigenvalue weighted by atomic mass is 16.3. The van der Waals surface area contributed by atoms with Gasteiger partial charge in [-0.25, -0.2) is 0 Å². The maximum Gasteiger partial charge on any atom is 0.290 e. The number of nitrogens with two attached hydrogens (primary N) is 1. The number of fused-ring (bicyclic) bond motifs is 1. The zero-order valence-electron chi connectivity index (χ0n) is 20.1. The zero-order chi connectivity index (χ0) is 24.8. The van der Waals surface area contributed by atoms with Gasteiger partial charge in [-0.3, -0.25) is 14.4 Å². The van der Waals surface area contributed by atoms with Gasteiger partial charge in [0, 0.05) is 49.9 Å². The molecule has 2 aromatic rings. The molecule has 1 fully saturated rings. The number of amides is 2. The van der Waals surface area contributed by atoms with Gasteiger partial charge in [0.2, 0.25) is 5.91 Å². The standard InChI is InChI=1S/C25H32N4O2.CH2O2/c1-4-28(5-2)17-8-9-18(16(3)12-17)19-14-24(30)27-22-15-23(29-10-6-7-11-29)21(25(26)31)13-20(19)22;2-1-3/h8-9,12-13,15,19H,4-7,10-11,14H2,1-3H3,(H2,26,31)(H,27,30);1H,(H,2,3). The summed E-state index contributed by atoms with van der Waals surface area (Å²) < 4.78 is 0. The third-order valence-electron chi connectivity index (χ3n) is 6.68. The van der Waals surface area contributed by atoms with Crippen LogP contribution in [0.4, 0.5) is 17.1 Å². The van der Waals surface area contributed by atoms with Crippen molar-refractivity contribution in [3.8, 4) is 0 Å². The van der Waals surface area contributed by atoms with Gasteiger partial charge in [-0.2, -0.15) is 0 Å². The Balaban J connectivity index is 0.00000103. The van der Waals surface area contributed by atoms with E-state index in [0.717, 1.165) is 67.1 Å². The van der Waals surface area contributed by atoms with E-state index in [-0.39, 0.29) is 18.3 Å². The minimum absolute atomic E-state index is 0.00363. The van der Waals surface area contributed by atoms with Crippen LogP contribution in [0.3, 0.4) is 0 Å². The first-order valence-corrected chi connectivity index (χ1v) is 11.8. The molecule has 1 atom stereocenters. The van der Waals surface area contributed by atoms with Crippen molar-refractivity contribution in [2.45, 2.75) is 46.0 Å². The zero-order valence-corrected chi connectivity index (χ0v) is 20.1. The SMILES string of the molecule is CCN(CC)c1ccc(C2CC(=O)Nc3cc(N4CCCC4)c(C(N)=O)cc32)c(C)c1.O=CO. The van der Waals surface area contributed by atoms with E-state index in [9.17, 15) is 9.59 Å². The molecule has 0 saturated carbocycles. The molecular weight excluding hydrogens is 432 g/mol. The molecule has 8 nitrogen and oxygen atoms in total. The lowest BCUT2D eigenvalue weighted by atomic mass is 9.81. The predicted octanol–water partition coefficient (Wildman–Crippen LogP) is 3.72. The molecule has 4 N–H and O–H groups in total. The quantitative estimate of drug-likeness (QED) is 0.559. The molecule has 2 aliphatic rings. The van der Waals surface area contributed by atoms with Gasteiger partial charge < -0.3 is 26.0 Å². The van der Waals surface area contributed by atoms with Crippen molar-refractivity contribution in [3.63, 3.8) is 0 Å². The Morgan fingerprint density at radius 2 is 1.82 bits per heavy atom. The molecule has 0 aliphatic carbocycles. The van der Waals surface area contributed by atoms with Crippen LogP contribution < -0.4 is 20.9 Å². The van der Waals surface area contributed by atoms with E-state index in [1.54, 1.807) is 0 Å². The molecule has 1 saturated heterocycles. The number of rotatable bonds is 6. The van der Waals surface area contributed by atoms with Crippen molar-refractivity contribution in [2.75, 3.05) is 41.3 Å². The second-order valence-corrected chi connectivity index (χ2v) is 8.64. The number of hydrogen-bond acceptors (Lipinski definition) is 5. The molecule has 2 heterocycles. The Hall–Kier alpha value is -3.55. The molecule has 34 heavy (non-hydrogen) atoms. The van der Waals surface area contributed by atoms with Gasteiger partial charge in [0.05, 0.1) is 11.3 Å². The van der Waals surface area contributed by atoms with E-state index in [1.807, 2.05) is 12.1 Å². The number of benzene rings is 2. The van der Waals surface area contributed by atoms with Crippen LogP contribution in [0.1, 0.15) is 66.1 Å². The highest BCUT2D eigenvalue weighted by Gasteiger charge is 2.31. The van der Waals surface area contributed by atoms with Gasteiger partial charge in [-0.1, -0.05) is 6.07 Å². The fraction of sp³-hybridized carbons (Fsp3) is 0.423. The average molecular weight is 467 g/mol. The van der Waals surface area contributed by atoms with E-state index >= 15 is 0 Å². The first-order valence-electron chi connectivity index (χ1n) is 11.8. The summed E-state index contributed by atoms with van der Waals surface area (Å²) >= 11 is 0. The lowest BCUT2D eigenvalue weighted by Crippen LogP contribution is -2.28. The van der Waals surface area contributed by atoms with Crippen LogP contribution in [0.15, 0.2) is 30.3 Å². The molecule has 2 aliphatic heterocycles. The highest BCUT2D eigenvalue weighted by Crippen LogP contribution is 2.42. The van der Waals surface area contributed by atoms with Crippen LogP contribution in [-0.4, -0.2) is 49.6 Å². The van der Waals surface area contributed by atoms with E-state index in [4.69, 9.17) is 15.6 Å². The van der Waals surface area contributed by atoms with Crippen molar-refractivity contribution < 1.29 is 19.5 Å². The first-order chi connectivity index (χ1) is 16.3. The topological polar surface area (TPSA) is 116 Å². The third kappa shape index (κ3) is 5.16. The molecule has 2 aromatic carbocycles. The Morgan fingerprint density at radius 3 is 2.38 bits per heavy atom. The number of hydrogen-bond donors (Lipinski definition) is 3. The third-order valence-corrected chi connectivity index (χ3v) is 6.68. The normalized spacial score (nSPS) is 16.7. The van der Waals surface area contributed by atoms with Crippen LogP contribution in [0.5, 0.6) is 0 Å². The summed E-state index contributed by atoms with van der Waals surface area (Å²) in [5, 5.41) is 9.92. The smallest absolute Gasteiger partial charge is 0.290 e. The molecule has 0 spiro atoms. The fourth-order valence-electron chi connectivity index (χ4n) is 5.03. The van der Waals surface area contributed by atoms with Gasteiger partial charge in [-0.05, 0) is 74.6 Å². The van der Waals surface area contributed by atoms with Crippen molar-refractivity contribution >= 4 is 35.3 Å². The number of carbonyl (C=O) groups is 3. The van der Waals surface area contributed by atoms with Crippen LogP contribution in [0.2, 0.25) is 0 Å². The molecule has 1 unspecified atom stereocenters. The highest BCUT2D eigenvalue weighted by molar-refractivity contribution is 6.03.